The van der Waals surface area contributed by atoms with Gasteiger partial charge in [-0.25, -0.2) is 0 Å². The molecule has 6 nitrogen and oxygen atoms in total. The van der Waals surface area contributed by atoms with E-state index in [-0.39, 0.29) is 29.8 Å². The minimum atomic E-state index is -4.26. The van der Waals surface area contributed by atoms with Gasteiger partial charge in [-0.2, -0.15) is 8.78 Å². The first-order chi connectivity index (χ1) is 12.5. The maximum atomic E-state index is 14.0. The highest BCUT2D eigenvalue weighted by Gasteiger charge is 2.61. The summed E-state index contributed by atoms with van der Waals surface area (Å²) in [6, 6.07) is 0. The number of carbonyl (C=O) groups excluding carboxylic acids is 3. The van der Waals surface area contributed by atoms with E-state index in [4.69, 9.17) is 9.47 Å². The number of carboxylic acids is 1. The average molecular weight is 387 g/mol. The van der Waals surface area contributed by atoms with Gasteiger partial charge < -0.3 is 19.4 Å². The van der Waals surface area contributed by atoms with Crippen LogP contribution < -0.4 is 5.11 Å². The topological polar surface area (TPSA) is 92.7 Å². The maximum Gasteiger partial charge on any atom is 0.323 e. The van der Waals surface area contributed by atoms with Gasteiger partial charge >= 0.3 is 17.9 Å². The lowest BCUT2D eigenvalue weighted by Gasteiger charge is -2.58. The average Bonchev–Trinajstić information content (AvgIpc) is 2.54. The van der Waals surface area contributed by atoms with Gasteiger partial charge in [-0.15, -0.1) is 0 Å². The Morgan fingerprint density at radius 1 is 1.11 bits per heavy atom. The number of aliphatic carboxylic acids is 1. The van der Waals surface area contributed by atoms with Gasteiger partial charge in [0.25, 0.3) is 0 Å². The molecule has 8 heteroatoms. The molecule has 4 fully saturated rings. The summed E-state index contributed by atoms with van der Waals surface area (Å²) in [6.45, 7) is 4.11. The molecule has 0 aromatic heterocycles. The molecule has 0 aliphatic heterocycles. The van der Waals surface area contributed by atoms with Crippen LogP contribution in [0.1, 0.15) is 52.9 Å². The predicted octanol–water partition coefficient (Wildman–Crippen LogP) is 1.70. The Balaban J connectivity index is 1.79. The van der Waals surface area contributed by atoms with Crippen molar-refractivity contribution < 1.29 is 37.7 Å². The Morgan fingerprint density at radius 2 is 1.67 bits per heavy atom. The van der Waals surface area contributed by atoms with Crippen molar-refractivity contribution in [2.24, 2.45) is 29.1 Å². The van der Waals surface area contributed by atoms with Gasteiger partial charge in [0.1, 0.15) is 12.1 Å². The number of carbonyl (C=O) groups is 3. The molecule has 0 saturated heterocycles. The Kier molecular flexibility index (Phi) is 4.97. The number of halogens is 2. The van der Waals surface area contributed by atoms with E-state index >= 15 is 0 Å². The van der Waals surface area contributed by atoms with E-state index in [1.807, 2.05) is 0 Å². The van der Waals surface area contributed by atoms with Crippen molar-refractivity contribution in [2.75, 3.05) is 0 Å². The lowest BCUT2D eigenvalue weighted by molar-refractivity contribution is -0.338. The molecule has 152 valence electrons. The minimum Gasteiger partial charge on any atom is -0.544 e. The molecule has 4 bridgehead atoms. The van der Waals surface area contributed by atoms with E-state index in [0.29, 0.717) is 19.3 Å². The second-order valence-corrected chi connectivity index (χ2v) is 8.80. The number of esters is 2. The van der Waals surface area contributed by atoms with Gasteiger partial charge in [0.15, 0.2) is 6.10 Å². The van der Waals surface area contributed by atoms with E-state index in [1.54, 1.807) is 0 Å². The van der Waals surface area contributed by atoms with Crippen molar-refractivity contribution >= 4 is 17.9 Å². The largest absolute Gasteiger partial charge is 0.544 e. The molecule has 0 spiro atoms. The van der Waals surface area contributed by atoms with E-state index in [9.17, 15) is 28.3 Å². The Bertz CT molecular complexity index is 630. The van der Waals surface area contributed by atoms with E-state index in [1.165, 1.54) is 20.8 Å². The quantitative estimate of drug-likeness (QED) is 0.644. The van der Waals surface area contributed by atoms with Gasteiger partial charge in [-0.05, 0) is 55.8 Å². The van der Waals surface area contributed by atoms with Crippen LogP contribution in [0.5, 0.6) is 0 Å². The molecule has 4 rings (SSSR count). The molecule has 4 aliphatic carbocycles. The van der Waals surface area contributed by atoms with Crippen LogP contribution in [0.4, 0.5) is 8.78 Å². The molecule has 0 radical (unpaired) electrons. The molecule has 3 atom stereocenters. The molecule has 0 aromatic carbocycles. The van der Waals surface area contributed by atoms with Gasteiger partial charge in [0, 0.05) is 6.92 Å². The second-order valence-electron chi connectivity index (χ2n) is 8.80. The van der Waals surface area contributed by atoms with Crippen molar-refractivity contribution in [1.82, 2.24) is 0 Å². The van der Waals surface area contributed by atoms with Crippen LogP contribution in [0.2, 0.25) is 0 Å². The van der Waals surface area contributed by atoms with Crippen LogP contribution >= 0.6 is 0 Å². The molecule has 4 saturated carbocycles. The molecule has 3 unspecified atom stereocenters. The van der Waals surface area contributed by atoms with Gasteiger partial charge in [-0.3, -0.25) is 9.59 Å². The Morgan fingerprint density at radius 3 is 2.11 bits per heavy atom. The summed E-state index contributed by atoms with van der Waals surface area (Å²) in [5.74, 6) is -8.54. The SMILES string of the molecule is CC(=O)OC1C2CC3CC1CC(C(=O)OC(C(C)C)C(F)(F)C(=O)[O-])(C3)C2. The number of rotatable bonds is 6. The molecule has 0 N–H and O–H groups in total. The summed E-state index contributed by atoms with van der Waals surface area (Å²) in [5.41, 5.74) is -0.900. The number of ether oxygens (including phenoxy) is 2. The molecule has 0 aromatic rings. The lowest BCUT2D eigenvalue weighted by Crippen LogP contribution is -2.59. The smallest absolute Gasteiger partial charge is 0.323 e. The minimum absolute atomic E-state index is 0.00634. The zero-order chi connectivity index (χ0) is 20.1. The molecule has 27 heavy (non-hydrogen) atoms. The Hall–Kier alpha value is -1.73. The van der Waals surface area contributed by atoms with Gasteiger partial charge in [0.05, 0.1) is 5.41 Å². The molecular weight excluding hydrogens is 362 g/mol. The molecule has 4 aliphatic rings. The summed E-state index contributed by atoms with van der Waals surface area (Å²) in [7, 11) is 0. The first kappa shape index (κ1) is 20.0. The monoisotopic (exact) mass is 387 g/mol. The fourth-order valence-electron chi connectivity index (χ4n) is 5.60. The van der Waals surface area contributed by atoms with Crippen LogP contribution in [0.3, 0.4) is 0 Å². The summed E-state index contributed by atoms with van der Waals surface area (Å²) >= 11 is 0. The van der Waals surface area contributed by atoms with Gasteiger partial charge in [-0.1, -0.05) is 13.8 Å². The standard InChI is InChI=1S/C19H26F2O6/c1-9(2)15(19(20,21)16(23)24)27-17(25)18-6-11-4-12(7-18)14(26-10(3)22)13(5-11)8-18/h9,11-15H,4-8H2,1-3H3,(H,23,24)/p-1. The molecule has 0 amide bonds. The Labute approximate surface area is 156 Å². The highest BCUT2D eigenvalue weighted by atomic mass is 19.3. The van der Waals surface area contributed by atoms with E-state index in [2.05, 4.69) is 0 Å². The normalized spacial score (nSPS) is 35.8. The van der Waals surface area contributed by atoms with Crippen molar-refractivity contribution in [1.29, 1.82) is 0 Å². The van der Waals surface area contributed by atoms with Crippen LogP contribution in [-0.4, -0.2) is 36.0 Å². The van der Waals surface area contributed by atoms with Crippen LogP contribution in [0, 0.1) is 29.1 Å². The third-order valence-electron chi connectivity index (χ3n) is 6.39. The first-order valence-electron chi connectivity index (χ1n) is 9.44. The number of hydrogen-bond donors (Lipinski definition) is 0. The van der Waals surface area contributed by atoms with Crippen LogP contribution in [0.15, 0.2) is 0 Å². The highest BCUT2D eigenvalue weighted by molar-refractivity contribution is 5.79. The van der Waals surface area contributed by atoms with Crippen LogP contribution in [-0.2, 0) is 23.9 Å². The van der Waals surface area contributed by atoms with Crippen molar-refractivity contribution in [3.05, 3.63) is 0 Å². The summed E-state index contributed by atoms with van der Waals surface area (Å²) in [4.78, 5) is 35.2. The summed E-state index contributed by atoms with van der Waals surface area (Å²) in [5, 5.41) is 10.8. The van der Waals surface area contributed by atoms with Crippen molar-refractivity contribution in [3.63, 3.8) is 0 Å². The third kappa shape index (κ3) is 3.43. The fourth-order valence-corrected chi connectivity index (χ4v) is 5.60. The lowest BCUT2D eigenvalue weighted by atomic mass is 9.48. The predicted molar refractivity (Wildman–Crippen MR) is 86.2 cm³/mol. The zero-order valence-electron chi connectivity index (χ0n) is 15.7. The van der Waals surface area contributed by atoms with Gasteiger partial charge in [0.2, 0.25) is 0 Å². The number of carboxylic acid groups (broad SMARTS) is 1. The zero-order valence-corrected chi connectivity index (χ0v) is 15.7. The highest BCUT2D eigenvalue weighted by Crippen LogP contribution is 2.61. The molecular formula is C19H25F2O6-. The van der Waals surface area contributed by atoms with E-state index in [0.717, 1.165) is 12.8 Å². The first-order valence-corrected chi connectivity index (χ1v) is 9.44. The van der Waals surface area contributed by atoms with Crippen molar-refractivity contribution in [3.8, 4) is 0 Å². The molecule has 0 heterocycles. The van der Waals surface area contributed by atoms with Crippen LogP contribution in [0.25, 0.3) is 0 Å². The maximum absolute atomic E-state index is 14.0. The number of alkyl halides is 2. The third-order valence-corrected chi connectivity index (χ3v) is 6.39. The van der Waals surface area contributed by atoms with E-state index < -0.39 is 35.3 Å². The summed E-state index contributed by atoms with van der Waals surface area (Å²) in [6.07, 6.45) is 0.737. The second kappa shape index (κ2) is 6.71. The number of hydrogen-bond acceptors (Lipinski definition) is 6. The fraction of sp³-hybridized carbons (Fsp3) is 0.842. The van der Waals surface area contributed by atoms with Crippen molar-refractivity contribution in [2.45, 2.75) is 71.0 Å². The summed E-state index contributed by atoms with van der Waals surface area (Å²) < 4.78 is 38.6.